The Balaban J connectivity index is 2.13. The number of rotatable bonds is 2. The number of carbonyl (C=O) groups is 2. The molecule has 6 heteroatoms. The third-order valence-electron chi connectivity index (χ3n) is 2.61. The summed E-state index contributed by atoms with van der Waals surface area (Å²) in [6.45, 7) is 0.336. The molecule has 0 aliphatic heterocycles. The van der Waals surface area contributed by atoms with E-state index in [0.717, 1.165) is 16.6 Å². The van der Waals surface area contributed by atoms with Gasteiger partial charge in [0.15, 0.2) is 0 Å². The second-order valence-electron chi connectivity index (χ2n) is 3.91. The lowest BCUT2D eigenvalue weighted by atomic mass is 10.2. The molecule has 1 amide bonds. The number of nitrogens with zero attached hydrogens (tertiary/aromatic N) is 2. The molecule has 0 atom stereocenters. The van der Waals surface area contributed by atoms with Crippen LogP contribution in [0.4, 0.5) is 0 Å². The van der Waals surface area contributed by atoms with Crippen molar-refractivity contribution in [1.82, 2.24) is 14.9 Å². The van der Waals surface area contributed by atoms with Gasteiger partial charge in [-0.05, 0) is 17.7 Å². The van der Waals surface area contributed by atoms with E-state index in [-0.39, 0.29) is 0 Å². The predicted octanol–water partition coefficient (Wildman–Crippen LogP) is 0.694. The summed E-state index contributed by atoms with van der Waals surface area (Å²) in [4.78, 5) is 31.0. The second-order valence-corrected chi connectivity index (χ2v) is 3.91. The topological polar surface area (TPSA) is 75.3 Å². The van der Waals surface area contributed by atoms with Gasteiger partial charge in [-0.15, -0.1) is 0 Å². The second kappa shape index (κ2) is 4.87. The van der Waals surface area contributed by atoms with Crippen LogP contribution in [-0.2, 0) is 20.9 Å². The van der Waals surface area contributed by atoms with Gasteiger partial charge in [-0.3, -0.25) is 4.79 Å². The number of aromatic nitrogens is 2. The summed E-state index contributed by atoms with van der Waals surface area (Å²) in [7, 11) is 2.74. The van der Waals surface area contributed by atoms with Gasteiger partial charge in [0.25, 0.3) is 0 Å². The van der Waals surface area contributed by atoms with E-state index in [2.05, 4.69) is 14.7 Å². The molecule has 1 N–H and O–H groups in total. The Bertz CT molecular complexity index is 591. The predicted molar refractivity (Wildman–Crippen MR) is 64.6 cm³/mol. The Kier molecular flexibility index (Phi) is 3.27. The number of hydrogen-bond donors (Lipinski definition) is 1. The number of aromatic amines is 1. The fourth-order valence-corrected chi connectivity index (χ4v) is 1.67. The van der Waals surface area contributed by atoms with E-state index in [1.165, 1.54) is 12.0 Å². The molecule has 2 rings (SSSR count). The first-order chi connectivity index (χ1) is 8.61. The summed E-state index contributed by atoms with van der Waals surface area (Å²) in [6.07, 6.45) is 1.61. The molecule has 94 valence electrons. The van der Waals surface area contributed by atoms with Crippen LogP contribution in [0.1, 0.15) is 5.56 Å². The van der Waals surface area contributed by atoms with E-state index in [4.69, 9.17) is 0 Å². The Morgan fingerprint density at radius 2 is 2.22 bits per heavy atom. The van der Waals surface area contributed by atoms with Crippen molar-refractivity contribution in [3.05, 3.63) is 30.1 Å². The molecule has 0 saturated heterocycles. The van der Waals surface area contributed by atoms with Crippen molar-refractivity contribution in [2.24, 2.45) is 0 Å². The van der Waals surface area contributed by atoms with Crippen molar-refractivity contribution in [2.75, 3.05) is 14.2 Å². The van der Waals surface area contributed by atoms with Crippen molar-refractivity contribution in [2.45, 2.75) is 6.54 Å². The highest BCUT2D eigenvalue weighted by atomic mass is 16.5. The molecule has 0 aliphatic carbocycles. The molecule has 1 aromatic carbocycles. The normalized spacial score (nSPS) is 10.3. The lowest BCUT2D eigenvalue weighted by Gasteiger charge is -2.15. The largest absolute Gasteiger partial charge is 0.462 e. The van der Waals surface area contributed by atoms with Gasteiger partial charge in [-0.25, -0.2) is 9.78 Å². The first kappa shape index (κ1) is 12.1. The summed E-state index contributed by atoms with van der Waals surface area (Å²) in [6, 6.07) is 5.62. The number of fused-ring (bicyclic) bond motifs is 1. The molecule has 6 nitrogen and oxygen atoms in total. The van der Waals surface area contributed by atoms with Crippen LogP contribution in [0, 0.1) is 0 Å². The number of esters is 1. The van der Waals surface area contributed by atoms with Crippen LogP contribution >= 0.6 is 0 Å². The minimum Gasteiger partial charge on any atom is -0.462 e. The van der Waals surface area contributed by atoms with E-state index in [0.29, 0.717) is 6.54 Å². The molecular formula is C12H13N3O3. The molecule has 0 radical (unpaired) electrons. The van der Waals surface area contributed by atoms with Crippen LogP contribution in [0.3, 0.4) is 0 Å². The van der Waals surface area contributed by atoms with Crippen molar-refractivity contribution in [1.29, 1.82) is 0 Å². The average molecular weight is 247 g/mol. The van der Waals surface area contributed by atoms with Crippen molar-refractivity contribution in [3.63, 3.8) is 0 Å². The summed E-state index contributed by atoms with van der Waals surface area (Å²) >= 11 is 0. The molecule has 18 heavy (non-hydrogen) atoms. The molecule has 2 aromatic rings. The van der Waals surface area contributed by atoms with Gasteiger partial charge in [0.1, 0.15) is 0 Å². The maximum Gasteiger partial charge on any atom is 0.396 e. The number of methoxy groups -OCH3 is 1. The van der Waals surface area contributed by atoms with Crippen LogP contribution in [0.5, 0.6) is 0 Å². The van der Waals surface area contributed by atoms with Crippen LogP contribution < -0.4 is 0 Å². The smallest absolute Gasteiger partial charge is 0.396 e. The number of carbonyl (C=O) groups excluding carboxylic acids is 2. The molecular weight excluding hydrogens is 234 g/mol. The number of ether oxygens (including phenoxy) is 1. The maximum absolute atomic E-state index is 11.5. The molecule has 0 saturated carbocycles. The summed E-state index contributed by atoms with van der Waals surface area (Å²) < 4.78 is 4.38. The highest BCUT2D eigenvalue weighted by molar-refractivity contribution is 6.32. The highest BCUT2D eigenvalue weighted by Gasteiger charge is 2.19. The standard InChI is InChI=1S/C12H13N3O3/c1-15(11(16)12(17)18-2)6-8-3-4-9-10(5-8)14-7-13-9/h3-5,7H,6H2,1-2H3,(H,13,14). The molecule has 1 aromatic heterocycles. The molecule has 1 heterocycles. The summed E-state index contributed by atoms with van der Waals surface area (Å²) in [5.41, 5.74) is 2.67. The van der Waals surface area contributed by atoms with Gasteiger partial charge >= 0.3 is 11.9 Å². The van der Waals surface area contributed by atoms with Gasteiger partial charge in [0, 0.05) is 13.6 Å². The van der Waals surface area contributed by atoms with Crippen molar-refractivity contribution < 1.29 is 14.3 Å². The third-order valence-corrected chi connectivity index (χ3v) is 2.61. The fourth-order valence-electron chi connectivity index (χ4n) is 1.67. The van der Waals surface area contributed by atoms with Gasteiger partial charge in [0.05, 0.1) is 24.5 Å². The average Bonchev–Trinajstić information content (AvgIpc) is 2.84. The SMILES string of the molecule is COC(=O)C(=O)N(C)Cc1ccc2nc[nH]c2c1. The Morgan fingerprint density at radius 1 is 1.44 bits per heavy atom. The van der Waals surface area contributed by atoms with Crippen LogP contribution in [0.2, 0.25) is 0 Å². The fraction of sp³-hybridized carbons (Fsp3) is 0.250. The number of amides is 1. The van der Waals surface area contributed by atoms with Crippen molar-refractivity contribution in [3.8, 4) is 0 Å². The Morgan fingerprint density at radius 3 is 2.94 bits per heavy atom. The quantitative estimate of drug-likeness (QED) is 0.626. The first-order valence-corrected chi connectivity index (χ1v) is 5.37. The van der Waals surface area contributed by atoms with Crippen LogP contribution in [0.15, 0.2) is 24.5 Å². The number of nitrogens with one attached hydrogen (secondary N) is 1. The molecule has 0 fully saturated rings. The van der Waals surface area contributed by atoms with E-state index in [1.807, 2.05) is 18.2 Å². The zero-order valence-corrected chi connectivity index (χ0v) is 10.1. The summed E-state index contributed by atoms with van der Waals surface area (Å²) in [5.74, 6) is -1.53. The minimum atomic E-state index is -0.861. The number of imidazole rings is 1. The van der Waals surface area contributed by atoms with Gasteiger partial charge < -0.3 is 14.6 Å². The van der Waals surface area contributed by atoms with E-state index in [9.17, 15) is 9.59 Å². The minimum absolute atomic E-state index is 0.336. The number of likely N-dealkylation sites (N-methyl/N-ethyl adjacent to an activating group) is 1. The Labute approximate surface area is 104 Å². The maximum atomic E-state index is 11.5. The zero-order valence-electron chi connectivity index (χ0n) is 10.1. The zero-order chi connectivity index (χ0) is 13.1. The number of hydrogen-bond acceptors (Lipinski definition) is 4. The van der Waals surface area contributed by atoms with E-state index < -0.39 is 11.9 Å². The number of benzene rings is 1. The van der Waals surface area contributed by atoms with Crippen molar-refractivity contribution >= 4 is 22.9 Å². The number of H-pyrrole nitrogens is 1. The van der Waals surface area contributed by atoms with Gasteiger partial charge in [0.2, 0.25) is 0 Å². The van der Waals surface area contributed by atoms with E-state index in [1.54, 1.807) is 13.4 Å². The van der Waals surface area contributed by atoms with Gasteiger partial charge in [-0.1, -0.05) is 6.07 Å². The highest BCUT2D eigenvalue weighted by Crippen LogP contribution is 2.13. The lowest BCUT2D eigenvalue weighted by Crippen LogP contribution is -2.33. The lowest BCUT2D eigenvalue weighted by molar-refractivity contribution is -0.157. The van der Waals surface area contributed by atoms with E-state index >= 15 is 0 Å². The Hall–Kier alpha value is -2.37. The third kappa shape index (κ3) is 2.32. The molecule has 0 spiro atoms. The van der Waals surface area contributed by atoms with Crippen LogP contribution in [-0.4, -0.2) is 40.9 Å². The molecule has 0 aliphatic rings. The molecule has 0 bridgehead atoms. The first-order valence-electron chi connectivity index (χ1n) is 5.37. The monoisotopic (exact) mass is 247 g/mol. The summed E-state index contributed by atoms with van der Waals surface area (Å²) in [5, 5.41) is 0. The van der Waals surface area contributed by atoms with Gasteiger partial charge in [-0.2, -0.15) is 0 Å². The molecule has 0 unspecified atom stereocenters. The van der Waals surface area contributed by atoms with Crippen LogP contribution in [0.25, 0.3) is 11.0 Å².